The molecule has 724 valence electrons. The highest BCUT2D eigenvalue weighted by atomic mass is 35.5. The second-order valence-corrected chi connectivity index (χ2v) is 38.4. The zero-order valence-electron chi connectivity index (χ0n) is 77.8. The van der Waals surface area contributed by atoms with E-state index >= 15 is 0 Å². The Bertz CT molecular complexity index is 7300. The Hall–Kier alpha value is -14.7. The van der Waals surface area contributed by atoms with E-state index < -0.39 is 48.4 Å². The molecule has 0 saturated heterocycles. The minimum atomic E-state index is -0.715. The van der Waals surface area contributed by atoms with Crippen LogP contribution in [0.15, 0.2) is 241 Å². The number of amides is 3. The predicted octanol–water partition coefficient (Wildman–Crippen LogP) is 19.2. The maximum atomic E-state index is 14.6. The van der Waals surface area contributed by atoms with Gasteiger partial charge in [-0.1, -0.05) is 115 Å². The summed E-state index contributed by atoms with van der Waals surface area (Å²) in [4.78, 5) is 103. The number of thiazole rings is 3. The smallest absolute Gasteiger partial charge is 0.274 e. The van der Waals surface area contributed by atoms with Crippen molar-refractivity contribution in [3.05, 3.63) is 369 Å². The van der Waals surface area contributed by atoms with Gasteiger partial charge < -0.3 is 50.1 Å². The topological polar surface area (TPSA) is 362 Å². The van der Waals surface area contributed by atoms with Crippen LogP contribution in [0.3, 0.4) is 0 Å². The molecule has 21 rings (SSSR count). The number of aryl methyl sites for hydroxylation is 3. The summed E-state index contributed by atoms with van der Waals surface area (Å²) in [6.07, 6.45) is 7.13. The van der Waals surface area contributed by atoms with Crippen molar-refractivity contribution in [2.75, 3.05) is 88.2 Å². The zero-order valence-corrected chi connectivity index (χ0v) is 81.9. The van der Waals surface area contributed by atoms with Crippen molar-refractivity contribution in [1.29, 1.82) is 0 Å². The lowest BCUT2D eigenvalue weighted by molar-refractivity contribution is 0.0701. The molecule has 35 heteroatoms. The summed E-state index contributed by atoms with van der Waals surface area (Å²) < 4.78 is 35.6. The molecule has 16 aromatic rings. The molecule has 28 nitrogen and oxygen atoms in total. The maximum absolute atomic E-state index is 14.6. The lowest BCUT2D eigenvalue weighted by Gasteiger charge is -2.30. The highest BCUT2D eigenvalue weighted by Crippen LogP contribution is 2.43. The molecule has 0 spiro atoms. The van der Waals surface area contributed by atoms with Gasteiger partial charge in [0.05, 0.1) is 29.1 Å². The fourth-order valence-electron chi connectivity index (χ4n) is 17.7. The molecule has 0 saturated carbocycles. The van der Waals surface area contributed by atoms with Crippen LogP contribution in [0.2, 0.25) is 5.02 Å². The lowest BCUT2D eigenvalue weighted by atomic mass is 9.93. The van der Waals surface area contributed by atoms with Gasteiger partial charge in [-0.25, -0.2) is 50.1 Å². The molecule has 142 heavy (non-hydrogen) atoms. The van der Waals surface area contributed by atoms with Crippen molar-refractivity contribution < 1.29 is 63.3 Å². The number of aromatic nitrogens is 7. The average molecular weight is 2000 g/mol. The van der Waals surface area contributed by atoms with Crippen LogP contribution in [-0.2, 0) is 77.9 Å². The van der Waals surface area contributed by atoms with Gasteiger partial charge in [0.25, 0.3) is 17.7 Å². The number of ketones is 2. The Labute approximate surface area is 838 Å². The number of aliphatic hydroxyl groups is 2. The molecule has 0 radical (unpaired) electrons. The number of anilines is 7. The highest BCUT2D eigenvalue weighted by molar-refractivity contribution is 7.23. The van der Waals surface area contributed by atoms with Crippen LogP contribution in [0.1, 0.15) is 135 Å². The van der Waals surface area contributed by atoms with Crippen LogP contribution in [0.5, 0.6) is 5.75 Å². The zero-order chi connectivity index (χ0) is 99.0. The minimum Gasteiger partial charge on any atom is -0.497 e. The summed E-state index contributed by atoms with van der Waals surface area (Å²) in [7, 11) is 1.63. The Morgan fingerprint density at radius 3 is 1.48 bits per heavy atom. The summed E-state index contributed by atoms with van der Waals surface area (Å²) in [6, 6.07) is 66.5. The van der Waals surface area contributed by atoms with Gasteiger partial charge >= 0.3 is 0 Å². The predicted molar refractivity (Wildman–Crippen MR) is 552 cm³/mol. The number of Topliss-reactive ketones (excluding diaryl/α,β-unsaturated/α-hetero) is 2. The number of carbonyl (C=O) groups excluding carboxylic acids is 5. The van der Waals surface area contributed by atoms with E-state index in [2.05, 4.69) is 99.4 Å². The van der Waals surface area contributed by atoms with E-state index in [1.165, 1.54) is 65.7 Å². The Morgan fingerprint density at radius 1 is 0.430 bits per heavy atom. The maximum Gasteiger partial charge on any atom is 0.274 e. The number of rotatable bonds is 22. The monoisotopic (exact) mass is 2000 g/mol. The molecule has 10 N–H and O–H groups in total. The fourth-order valence-corrected chi connectivity index (χ4v) is 21.7. The third-order valence-corrected chi connectivity index (χ3v) is 29.6. The van der Waals surface area contributed by atoms with Crippen molar-refractivity contribution in [3.63, 3.8) is 0 Å². The Balaban J connectivity index is 0.000000122. The molecule has 0 atom stereocenters. The number of thiophene rings is 1. The van der Waals surface area contributed by atoms with Gasteiger partial charge in [0.1, 0.15) is 42.2 Å². The first-order valence-electron chi connectivity index (χ1n) is 45.9. The van der Waals surface area contributed by atoms with Gasteiger partial charge in [0.15, 0.2) is 27.0 Å². The van der Waals surface area contributed by atoms with Gasteiger partial charge in [-0.15, -0.1) is 45.3 Å². The molecule has 6 aromatic heterocycles. The van der Waals surface area contributed by atoms with Gasteiger partial charge in [-0.2, -0.15) is 9.97 Å². The Kier molecular flexibility index (Phi) is 31.8. The van der Waals surface area contributed by atoms with E-state index in [4.69, 9.17) is 57.1 Å². The number of methoxy groups -OCH3 is 1. The molecule has 11 heterocycles. The normalized spacial score (nSPS) is 13.3. The molecule has 5 aliphatic heterocycles. The first kappa shape index (κ1) is 98.9. The van der Waals surface area contributed by atoms with Crippen molar-refractivity contribution >= 4 is 135 Å². The average Bonchev–Trinajstić information content (AvgIpc) is 1.37. The number of benzene rings is 10. The first-order valence-corrected chi connectivity index (χ1v) is 49.7. The lowest BCUT2D eigenvalue weighted by Crippen LogP contribution is -2.32. The number of hydrogen-bond acceptors (Lipinski definition) is 29. The second-order valence-electron chi connectivity index (χ2n) is 34.4. The van der Waals surface area contributed by atoms with Gasteiger partial charge in [0, 0.05) is 167 Å². The summed E-state index contributed by atoms with van der Waals surface area (Å²) in [5, 5.41) is 62.2. The van der Waals surface area contributed by atoms with E-state index in [1.54, 1.807) is 94.2 Å². The largest absolute Gasteiger partial charge is 0.497 e. The van der Waals surface area contributed by atoms with E-state index in [1.807, 2.05) is 169 Å². The van der Waals surface area contributed by atoms with Crippen molar-refractivity contribution in [1.82, 2.24) is 51.3 Å². The molecule has 0 bridgehead atoms. The van der Waals surface area contributed by atoms with Crippen molar-refractivity contribution in [2.45, 2.75) is 98.7 Å². The van der Waals surface area contributed by atoms with Gasteiger partial charge in [0.2, 0.25) is 11.9 Å². The Morgan fingerprint density at radius 2 is 0.908 bits per heavy atom. The molecule has 0 aliphatic carbocycles. The van der Waals surface area contributed by atoms with E-state index in [0.29, 0.717) is 103 Å². The van der Waals surface area contributed by atoms with Crippen LogP contribution in [-0.4, -0.2) is 143 Å². The molecule has 0 unspecified atom stereocenters. The van der Waals surface area contributed by atoms with E-state index in [9.17, 15) is 32.8 Å². The summed E-state index contributed by atoms with van der Waals surface area (Å²) in [5.41, 5.74) is 27.2. The van der Waals surface area contributed by atoms with E-state index in [0.717, 1.165) is 159 Å². The van der Waals surface area contributed by atoms with Crippen molar-refractivity contribution in [2.24, 2.45) is 0 Å². The van der Waals surface area contributed by atoms with Crippen LogP contribution < -0.4 is 56.3 Å². The van der Waals surface area contributed by atoms with Crippen LogP contribution in [0.25, 0.3) is 43.2 Å². The summed E-state index contributed by atoms with van der Waals surface area (Å²) in [5.74, 6) is 0.242. The second kappa shape index (κ2) is 45.7. The van der Waals surface area contributed by atoms with Gasteiger partial charge in [-0.3, -0.25) is 39.6 Å². The third kappa shape index (κ3) is 23.5. The number of hydrogen-bond donors (Lipinski definition) is 10. The van der Waals surface area contributed by atoms with E-state index in [-0.39, 0.29) is 16.9 Å². The number of ether oxygens (including phenoxy) is 1. The molecular formula is C107H100ClF2N17O11S4. The number of carbonyl (C=O) groups is 5. The molecular weight excluding hydrogens is 1900 g/mol. The van der Waals surface area contributed by atoms with Crippen molar-refractivity contribution in [3.8, 4) is 38.8 Å². The summed E-state index contributed by atoms with van der Waals surface area (Å²) in [6.45, 7) is 13.2. The number of hydroxylamine groups is 3. The SMILES string of the molecule is COc1ccc(-c2csc(N3CCc4cc(C(=O)NO)cc(F)c4C3)n2)cc1.Cc1cc(C(=O)NO)cc2c1CN(c1nc(-c3cccc(Cl)c3)cs1)CC2.Cc1cc(C(=O)NO)cc2c1CN(c1nc(-c3sc4ccccc4c3C)cs1)CC2.O=C(CO)c1cc(F)c2c(c1)CCN(c1nccc(NCc3ccccc3)n1)C2.O=C(CO)c1ccc2c(c1)CCN(c1ccnc(NCc3ccccc3)n1)C2. The third-order valence-electron chi connectivity index (χ3n) is 25.3. The highest BCUT2D eigenvalue weighted by Gasteiger charge is 2.31. The number of aliphatic hydroxyl groups excluding tert-OH is 2. The summed E-state index contributed by atoms with van der Waals surface area (Å²) >= 11 is 12.7. The standard InChI is InChI=1S/C23H21N3O2S2.C22H21FN4O2.C22H22N4O2.C20H18ClN3O2S.C20H18FN3O3S/c1-13-9-16(22(27)25-28)10-15-7-8-26(11-18(13)15)23-24-19(12-29-23)21-14(2)17-5-3-4-6-20(17)30-21;23-19-11-17(20(29)14-28)10-16-7-9-27(13-18(16)19)22-24-8-6-21(26-22)25-12-15-4-2-1-3-5-15;27-15-20(28)18-6-7-19-14-26(11-9-17(19)12-18)21-8-10-23-22(25-21)24-13-16-4-2-1-3-5-16;1-12-7-15(19(25)23-26)8-13-5-6-24(10-17(12)13)20-22-18(11-27-20)14-3-2-4-16(21)9-14;1-27-15-4-2-12(3-5-15)18-11-28-20(22-18)24-7-6-13-8-14(19(25)23-26)9-17(21)16(13)10-24/h3-6,9-10,12,28H,7-8,11H2,1-2H3,(H,25,27);1-6,8,10-11,28H,7,9,12-14H2,(H,24,25,26);1-8,10,12,27H,9,11,13-15H2,(H,23,24,25);2-4,7-9,11,26H,5-6,10H2,1H3,(H,23,25);2-5,8-9,11,26H,6-7,10H2,1H3,(H,23,25). The van der Waals surface area contributed by atoms with Crippen LogP contribution >= 0.6 is 56.9 Å². The molecule has 10 aromatic carbocycles. The fraction of sp³-hybridized carbons (Fsp3) is 0.215. The van der Waals surface area contributed by atoms with Crippen LogP contribution in [0.4, 0.5) is 47.7 Å². The first-order chi connectivity index (χ1) is 69.0. The number of halogens is 3. The number of nitrogens with zero attached hydrogens (tertiary/aromatic N) is 12. The number of fused-ring (bicyclic) bond motifs is 6. The molecule has 3 amide bonds. The number of nitrogens with one attached hydrogen (secondary N) is 5. The quantitative estimate of drug-likeness (QED) is 0.0171. The molecule has 0 fully saturated rings. The van der Waals surface area contributed by atoms with Crippen LogP contribution in [0, 0.1) is 32.4 Å². The van der Waals surface area contributed by atoms with Gasteiger partial charge in [-0.05, 0) is 240 Å². The molecule has 5 aliphatic rings. The minimum absolute atomic E-state index is 0.114.